The lowest BCUT2D eigenvalue weighted by Crippen LogP contribution is -2.22. The van der Waals surface area contributed by atoms with Gasteiger partial charge in [0.2, 0.25) is 5.96 Å². The number of guanidine groups is 2. The van der Waals surface area contributed by atoms with E-state index >= 15 is 0 Å². The van der Waals surface area contributed by atoms with Crippen LogP contribution in [0, 0.1) is 10.8 Å². The van der Waals surface area contributed by atoms with Gasteiger partial charge in [-0.2, -0.15) is 5.10 Å². The van der Waals surface area contributed by atoms with Crippen molar-refractivity contribution in [3.63, 3.8) is 0 Å². The zero-order valence-corrected chi connectivity index (χ0v) is 18.9. The number of carbonyl (C=O) groups excluding carboxylic acids is 1. The molecule has 0 unspecified atom stereocenters. The summed E-state index contributed by atoms with van der Waals surface area (Å²) in [6, 6.07) is 18.1. The van der Waals surface area contributed by atoms with Crippen molar-refractivity contribution >= 4 is 51.5 Å². The van der Waals surface area contributed by atoms with E-state index in [9.17, 15) is 4.79 Å². The van der Waals surface area contributed by atoms with Crippen LogP contribution in [0.3, 0.4) is 0 Å². The Balaban J connectivity index is 0.000000945. The van der Waals surface area contributed by atoms with Crippen molar-refractivity contribution in [1.29, 1.82) is 10.8 Å². The molecule has 0 aliphatic rings. The van der Waals surface area contributed by atoms with E-state index in [4.69, 9.17) is 22.3 Å². The van der Waals surface area contributed by atoms with Crippen LogP contribution in [0.5, 0.6) is 0 Å². The molecule has 0 aliphatic heterocycles. The highest BCUT2D eigenvalue weighted by Crippen LogP contribution is 2.27. The molecule has 0 saturated carbocycles. The zero-order valence-electron chi connectivity index (χ0n) is 18.9. The number of hydrogen-bond acceptors (Lipinski definition) is 5. The number of hydrogen-bond donors (Lipinski definition) is 8. The van der Waals surface area contributed by atoms with E-state index in [1.807, 2.05) is 43.3 Å². The van der Waals surface area contributed by atoms with Crippen LogP contribution in [0.1, 0.15) is 25.0 Å². The molecule has 0 atom stereocenters. The van der Waals surface area contributed by atoms with E-state index in [1.165, 1.54) is 0 Å². The number of nitrogens with one attached hydrogen (secondary N) is 4. The summed E-state index contributed by atoms with van der Waals surface area (Å²) in [6.07, 6.45) is 0. The van der Waals surface area contributed by atoms with Gasteiger partial charge in [-0.1, -0.05) is 42.5 Å². The molecule has 34 heavy (non-hydrogen) atoms. The molecule has 3 aromatic carbocycles. The average Bonchev–Trinajstić information content (AvgIpc) is 2.77. The van der Waals surface area contributed by atoms with E-state index < -0.39 is 0 Å². The second kappa shape index (κ2) is 11.6. The Labute approximate surface area is 196 Å². The van der Waals surface area contributed by atoms with E-state index in [0.29, 0.717) is 22.8 Å². The van der Waals surface area contributed by atoms with Gasteiger partial charge in [0, 0.05) is 22.3 Å². The Kier molecular flexibility index (Phi) is 8.66. The van der Waals surface area contributed by atoms with Crippen molar-refractivity contribution in [1.82, 2.24) is 0 Å². The van der Waals surface area contributed by atoms with Gasteiger partial charge >= 0.3 is 6.03 Å². The maximum absolute atomic E-state index is 12.5. The Bertz CT molecular complexity index is 1250. The number of nitrogens with zero attached hydrogens (tertiary/aromatic N) is 2. The SMILES string of the molecule is CC(=N)c1ccc(NC(=O)Nc2ccc(/C(C)=N\N=C(N)N)c3ccccc23)cc1.N=C(N)N. The fourth-order valence-electron chi connectivity index (χ4n) is 3.00. The van der Waals surface area contributed by atoms with E-state index in [-0.39, 0.29) is 18.0 Å². The largest absolute Gasteiger partial charge is 0.370 e. The van der Waals surface area contributed by atoms with Crippen LogP contribution in [-0.2, 0) is 0 Å². The summed E-state index contributed by atoms with van der Waals surface area (Å²) < 4.78 is 0. The van der Waals surface area contributed by atoms with Crippen LogP contribution < -0.4 is 33.6 Å². The van der Waals surface area contributed by atoms with Crippen LogP contribution in [0.2, 0.25) is 0 Å². The van der Waals surface area contributed by atoms with E-state index in [2.05, 4.69) is 32.3 Å². The molecule has 176 valence electrons. The summed E-state index contributed by atoms with van der Waals surface area (Å²) in [4.78, 5) is 12.5. The van der Waals surface area contributed by atoms with Gasteiger partial charge in [-0.05, 0) is 43.0 Å². The first kappa shape index (κ1) is 25.3. The molecule has 3 rings (SSSR count). The van der Waals surface area contributed by atoms with Crippen LogP contribution in [0.25, 0.3) is 10.8 Å². The fraction of sp³-hybridized carbons (Fsp3) is 0.0870. The summed E-state index contributed by atoms with van der Waals surface area (Å²) in [5, 5.41) is 28.9. The minimum absolute atomic E-state index is 0.113. The van der Waals surface area contributed by atoms with E-state index in [1.54, 1.807) is 31.2 Å². The molecule has 0 spiro atoms. The molecule has 11 heteroatoms. The van der Waals surface area contributed by atoms with Crippen molar-refractivity contribution in [3.8, 4) is 0 Å². The molecular formula is C23H28N10O. The number of urea groups is 1. The van der Waals surface area contributed by atoms with Crippen LogP contribution in [-0.4, -0.2) is 29.4 Å². The number of fused-ring (bicyclic) bond motifs is 1. The van der Waals surface area contributed by atoms with Gasteiger partial charge < -0.3 is 39.0 Å². The lowest BCUT2D eigenvalue weighted by atomic mass is 10.00. The summed E-state index contributed by atoms with van der Waals surface area (Å²) in [6.45, 7) is 3.53. The van der Waals surface area contributed by atoms with Gasteiger partial charge in [-0.25, -0.2) is 4.79 Å². The summed E-state index contributed by atoms with van der Waals surface area (Å²) >= 11 is 0. The van der Waals surface area contributed by atoms with Gasteiger partial charge in [0.05, 0.1) is 11.4 Å². The third kappa shape index (κ3) is 7.34. The first-order chi connectivity index (χ1) is 16.1. The fourth-order valence-corrected chi connectivity index (χ4v) is 3.00. The molecular weight excluding hydrogens is 432 g/mol. The predicted molar refractivity (Wildman–Crippen MR) is 140 cm³/mol. The molecule has 0 saturated heterocycles. The summed E-state index contributed by atoms with van der Waals surface area (Å²) in [5.41, 5.74) is 23.7. The Morgan fingerprint density at radius 2 is 1.38 bits per heavy atom. The maximum atomic E-state index is 12.5. The molecule has 0 bridgehead atoms. The quantitative estimate of drug-likeness (QED) is 0.163. The molecule has 0 heterocycles. The highest BCUT2D eigenvalue weighted by molar-refractivity contribution is 6.14. The Hall–Kier alpha value is -4.93. The third-order valence-electron chi connectivity index (χ3n) is 4.45. The normalized spacial score (nSPS) is 10.5. The lowest BCUT2D eigenvalue weighted by molar-refractivity contribution is 0.262. The third-order valence-corrected chi connectivity index (χ3v) is 4.45. The number of rotatable bonds is 5. The first-order valence-corrected chi connectivity index (χ1v) is 10.1. The van der Waals surface area contributed by atoms with E-state index in [0.717, 1.165) is 21.9 Å². The maximum Gasteiger partial charge on any atom is 0.323 e. The number of carbonyl (C=O) groups is 1. The smallest absolute Gasteiger partial charge is 0.323 e. The number of nitrogens with two attached hydrogens (primary N) is 4. The van der Waals surface area contributed by atoms with Crippen LogP contribution >= 0.6 is 0 Å². The lowest BCUT2D eigenvalue weighted by Gasteiger charge is -2.13. The highest BCUT2D eigenvalue weighted by Gasteiger charge is 2.11. The standard InChI is InChI=1S/C22H23N7O.CH5N3/c1-13(23)15-7-9-16(10-8-15)26-22(30)27-20-12-11-17(14(2)28-29-21(24)25)18-5-3-4-6-19(18)20;2-1(3)4/h3-12,23H,1-2H3,(H4,24,25,29)(H2,26,27,30);(H5,2,3,4)/b23-13?,28-14-;. The topological polar surface area (TPSA) is 218 Å². The molecule has 0 aromatic heterocycles. The van der Waals surface area contributed by atoms with Crippen molar-refractivity contribution < 1.29 is 4.79 Å². The Morgan fingerprint density at radius 3 is 1.94 bits per heavy atom. The van der Waals surface area contributed by atoms with Crippen molar-refractivity contribution in [2.75, 3.05) is 10.6 Å². The van der Waals surface area contributed by atoms with Gasteiger partial charge in [0.1, 0.15) is 0 Å². The molecule has 0 fully saturated rings. The van der Waals surface area contributed by atoms with Gasteiger partial charge in [0.15, 0.2) is 5.96 Å². The second-order valence-corrected chi connectivity index (χ2v) is 7.15. The van der Waals surface area contributed by atoms with Gasteiger partial charge in [-0.3, -0.25) is 5.41 Å². The molecule has 11 nitrogen and oxygen atoms in total. The second-order valence-electron chi connectivity index (χ2n) is 7.15. The van der Waals surface area contributed by atoms with Crippen molar-refractivity contribution in [2.45, 2.75) is 13.8 Å². The van der Waals surface area contributed by atoms with Crippen molar-refractivity contribution in [2.24, 2.45) is 33.1 Å². The zero-order chi connectivity index (χ0) is 25.3. The minimum Gasteiger partial charge on any atom is -0.370 e. The number of benzene rings is 3. The molecule has 2 amide bonds. The minimum atomic E-state index is -0.363. The first-order valence-electron chi connectivity index (χ1n) is 10.1. The van der Waals surface area contributed by atoms with Crippen LogP contribution in [0.4, 0.5) is 16.2 Å². The van der Waals surface area contributed by atoms with Crippen molar-refractivity contribution in [3.05, 3.63) is 71.8 Å². The average molecular weight is 461 g/mol. The summed E-state index contributed by atoms with van der Waals surface area (Å²) in [7, 11) is 0. The Morgan fingerprint density at radius 1 is 0.794 bits per heavy atom. The predicted octanol–water partition coefficient (Wildman–Crippen LogP) is 2.71. The van der Waals surface area contributed by atoms with Gasteiger partial charge in [0.25, 0.3) is 0 Å². The number of amides is 2. The monoisotopic (exact) mass is 460 g/mol. The van der Waals surface area contributed by atoms with Crippen LogP contribution in [0.15, 0.2) is 70.9 Å². The molecule has 12 N–H and O–H groups in total. The molecule has 0 radical (unpaired) electrons. The van der Waals surface area contributed by atoms with Gasteiger partial charge in [-0.15, -0.1) is 5.10 Å². The molecule has 3 aromatic rings. The summed E-state index contributed by atoms with van der Waals surface area (Å²) in [5.74, 6) is -0.447. The molecule has 0 aliphatic carbocycles. The number of anilines is 2. The highest BCUT2D eigenvalue weighted by atomic mass is 16.2.